The number of benzene rings is 1. The normalized spacial score (nSPS) is 16.1. The van der Waals surface area contributed by atoms with Gasteiger partial charge in [-0.15, -0.1) is 11.3 Å². The molecular formula is C23H27N7OS2. The fourth-order valence-corrected chi connectivity index (χ4v) is 4.91. The highest BCUT2D eigenvalue weighted by Gasteiger charge is 2.30. The summed E-state index contributed by atoms with van der Waals surface area (Å²) in [6, 6.07) is 10.4. The van der Waals surface area contributed by atoms with E-state index in [4.69, 9.17) is 9.97 Å². The molecule has 8 nitrogen and oxygen atoms in total. The lowest BCUT2D eigenvalue weighted by Gasteiger charge is -2.43. The lowest BCUT2D eigenvalue weighted by molar-refractivity contribution is -0.117. The largest absolute Gasteiger partial charge is 0.353 e. The van der Waals surface area contributed by atoms with E-state index in [0.29, 0.717) is 11.2 Å². The van der Waals surface area contributed by atoms with Crippen LogP contribution >= 0.6 is 23.1 Å². The number of rotatable bonds is 8. The number of hydrogen-bond donors (Lipinski definition) is 2. The van der Waals surface area contributed by atoms with Crippen LogP contribution in [0.2, 0.25) is 0 Å². The van der Waals surface area contributed by atoms with Crippen molar-refractivity contribution in [2.75, 3.05) is 42.7 Å². The zero-order valence-corrected chi connectivity index (χ0v) is 20.5. The molecule has 10 heteroatoms. The van der Waals surface area contributed by atoms with E-state index in [1.165, 1.54) is 11.8 Å². The summed E-state index contributed by atoms with van der Waals surface area (Å²) in [6.45, 7) is 3.92. The Morgan fingerprint density at radius 1 is 1.18 bits per heavy atom. The number of hydrogen-bond acceptors (Lipinski definition) is 9. The van der Waals surface area contributed by atoms with Crippen LogP contribution in [0.25, 0.3) is 0 Å². The van der Waals surface area contributed by atoms with E-state index in [1.54, 1.807) is 11.3 Å². The molecule has 2 N–H and O–H groups in total. The Hall–Kier alpha value is -2.69. The van der Waals surface area contributed by atoms with Gasteiger partial charge in [0.1, 0.15) is 11.6 Å². The first kappa shape index (κ1) is 22.1. The summed E-state index contributed by atoms with van der Waals surface area (Å²) < 4.78 is 0. The first-order valence-corrected chi connectivity index (χ1v) is 12.6. The Bertz CT molecular complexity index is 1140. The molecule has 33 heavy (non-hydrogen) atoms. The van der Waals surface area contributed by atoms with Crippen molar-refractivity contribution in [3.63, 3.8) is 0 Å². The van der Waals surface area contributed by atoms with Gasteiger partial charge in [-0.05, 0) is 69.9 Å². The summed E-state index contributed by atoms with van der Waals surface area (Å²) in [4.78, 5) is 32.6. The van der Waals surface area contributed by atoms with Gasteiger partial charge < -0.3 is 20.4 Å². The third-order valence-corrected chi connectivity index (χ3v) is 7.45. The average Bonchev–Trinajstić information content (AvgIpc) is 3.51. The van der Waals surface area contributed by atoms with Gasteiger partial charge in [-0.1, -0.05) is 0 Å². The van der Waals surface area contributed by atoms with Crippen LogP contribution in [0.5, 0.6) is 0 Å². The molecule has 0 radical (unpaired) electrons. The maximum atomic E-state index is 12.0. The Kier molecular flexibility index (Phi) is 6.22. The zero-order chi connectivity index (χ0) is 22.9. The second-order valence-corrected chi connectivity index (χ2v) is 11.0. The lowest BCUT2D eigenvalue weighted by atomic mass is 10.1. The molecule has 1 aromatic carbocycles. The van der Waals surface area contributed by atoms with E-state index < -0.39 is 0 Å². The summed E-state index contributed by atoms with van der Waals surface area (Å²) in [5.74, 6) is 1.95. The summed E-state index contributed by atoms with van der Waals surface area (Å²) in [5, 5.41) is 7.80. The molecule has 0 unspecified atom stereocenters. The highest BCUT2D eigenvalue weighted by Crippen LogP contribution is 2.33. The van der Waals surface area contributed by atoms with Crippen LogP contribution in [-0.2, 0) is 4.79 Å². The molecule has 1 amide bonds. The van der Waals surface area contributed by atoms with E-state index >= 15 is 0 Å². The van der Waals surface area contributed by atoms with E-state index in [0.717, 1.165) is 58.2 Å². The van der Waals surface area contributed by atoms with Crippen molar-refractivity contribution in [2.24, 2.45) is 5.92 Å². The highest BCUT2D eigenvalue weighted by atomic mass is 32.2. The van der Waals surface area contributed by atoms with Crippen LogP contribution in [0.4, 0.5) is 22.5 Å². The first-order valence-electron chi connectivity index (χ1n) is 11.0. The molecule has 172 valence electrons. The fraction of sp³-hybridized carbons (Fsp3) is 0.391. The monoisotopic (exact) mass is 481 g/mol. The number of amides is 1. The maximum absolute atomic E-state index is 12.0. The lowest BCUT2D eigenvalue weighted by Crippen LogP contribution is -2.57. The highest BCUT2D eigenvalue weighted by molar-refractivity contribution is 7.99. The number of anilines is 4. The molecule has 1 saturated heterocycles. The van der Waals surface area contributed by atoms with Gasteiger partial charge in [0.05, 0.1) is 0 Å². The van der Waals surface area contributed by atoms with Gasteiger partial charge >= 0.3 is 0 Å². The average molecular weight is 482 g/mol. The molecule has 0 bridgehead atoms. The van der Waals surface area contributed by atoms with Gasteiger partial charge in [0.15, 0.2) is 10.3 Å². The van der Waals surface area contributed by atoms with Crippen LogP contribution in [0.1, 0.15) is 17.7 Å². The van der Waals surface area contributed by atoms with E-state index in [1.807, 2.05) is 43.5 Å². The molecule has 3 heterocycles. The third-order valence-electron chi connectivity index (χ3n) is 5.74. The van der Waals surface area contributed by atoms with E-state index in [-0.39, 0.29) is 11.8 Å². The van der Waals surface area contributed by atoms with Crippen molar-refractivity contribution in [3.05, 3.63) is 41.4 Å². The van der Waals surface area contributed by atoms with E-state index in [9.17, 15) is 4.79 Å². The SMILES string of the molecule is Cc1cnc(Nc2cc(N3CC(N(C)C)C3)nc(Sc3ccc(NC(=O)C4CC4)cc3)n2)s1. The van der Waals surface area contributed by atoms with Crippen molar-refractivity contribution in [1.82, 2.24) is 19.9 Å². The third kappa shape index (κ3) is 5.45. The van der Waals surface area contributed by atoms with Gasteiger partial charge in [0.25, 0.3) is 0 Å². The first-order chi connectivity index (χ1) is 15.9. The Morgan fingerprint density at radius 3 is 2.58 bits per heavy atom. The van der Waals surface area contributed by atoms with Crippen LogP contribution in [0.15, 0.2) is 46.6 Å². The van der Waals surface area contributed by atoms with Crippen molar-refractivity contribution in [2.45, 2.75) is 35.9 Å². The summed E-state index contributed by atoms with van der Waals surface area (Å²) >= 11 is 3.11. The molecule has 5 rings (SSSR count). The van der Waals surface area contributed by atoms with E-state index in [2.05, 4.69) is 39.5 Å². The quantitative estimate of drug-likeness (QED) is 0.462. The number of aromatic nitrogens is 3. The second kappa shape index (κ2) is 9.28. The smallest absolute Gasteiger partial charge is 0.227 e. The topological polar surface area (TPSA) is 86.3 Å². The maximum Gasteiger partial charge on any atom is 0.227 e. The van der Waals surface area contributed by atoms with Crippen LogP contribution < -0.4 is 15.5 Å². The molecule has 2 aliphatic rings. The molecule has 2 fully saturated rings. The number of thiazole rings is 1. The molecule has 0 atom stereocenters. The van der Waals surface area contributed by atoms with Crippen LogP contribution in [-0.4, -0.2) is 59.0 Å². The number of nitrogens with zero attached hydrogens (tertiary/aromatic N) is 5. The fourth-order valence-electron chi connectivity index (χ4n) is 3.48. The van der Waals surface area contributed by atoms with Crippen molar-refractivity contribution in [1.29, 1.82) is 0 Å². The predicted octanol–water partition coefficient (Wildman–Crippen LogP) is 4.24. The summed E-state index contributed by atoms with van der Waals surface area (Å²) in [5.41, 5.74) is 0.822. The van der Waals surface area contributed by atoms with Gasteiger partial charge in [-0.3, -0.25) is 4.79 Å². The minimum Gasteiger partial charge on any atom is -0.353 e. The summed E-state index contributed by atoms with van der Waals surface area (Å²) in [6.07, 6.45) is 3.85. The predicted molar refractivity (Wildman–Crippen MR) is 134 cm³/mol. The molecule has 2 aromatic heterocycles. The molecule has 3 aromatic rings. The van der Waals surface area contributed by atoms with Crippen molar-refractivity contribution in [3.8, 4) is 0 Å². The van der Waals surface area contributed by atoms with Crippen LogP contribution in [0.3, 0.4) is 0 Å². The number of carbonyl (C=O) groups excluding carboxylic acids is 1. The molecule has 1 saturated carbocycles. The molecule has 1 aliphatic carbocycles. The van der Waals surface area contributed by atoms with Gasteiger partial charge in [-0.2, -0.15) is 0 Å². The van der Waals surface area contributed by atoms with Gasteiger partial charge in [0.2, 0.25) is 5.91 Å². The Labute approximate surface area is 201 Å². The molecular weight excluding hydrogens is 454 g/mol. The van der Waals surface area contributed by atoms with Gasteiger partial charge in [-0.25, -0.2) is 15.0 Å². The number of carbonyl (C=O) groups is 1. The Balaban J connectivity index is 1.33. The minimum absolute atomic E-state index is 0.116. The Morgan fingerprint density at radius 2 is 1.94 bits per heavy atom. The molecule has 1 aliphatic heterocycles. The van der Waals surface area contributed by atoms with Crippen LogP contribution in [0, 0.1) is 12.8 Å². The molecule has 0 spiro atoms. The number of aryl methyl sites for hydroxylation is 1. The number of likely N-dealkylation sites (N-methyl/N-ethyl adjacent to an activating group) is 1. The zero-order valence-electron chi connectivity index (χ0n) is 18.9. The van der Waals surface area contributed by atoms with Crippen molar-refractivity contribution >= 4 is 51.5 Å². The van der Waals surface area contributed by atoms with Crippen molar-refractivity contribution < 1.29 is 4.79 Å². The second-order valence-electron chi connectivity index (χ2n) is 8.71. The summed E-state index contributed by atoms with van der Waals surface area (Å²) in [7, 11) is 4.22. The standard InChI is InChI=1S/C23H27N7OS2/c1-14-11-24-22(32-14)26-19-10-20(30-12-17(13-30)29(2)3)28-23(27-19)33-18-8-6-16(7-9-18)25-21(31)15-4-5-15/h6-11,15,17H,4-5,12-13H2,1-3H3,(H,25,31)(H,24,26,27,28). The number of nitrogens with one attached hydrogen (secondary N) is 2. The van der Waals surface area contributed by atoms with Gasteiger partial charge in [0, 0.05) is 52.8 Å². The minimum atomic E-state index is 0.116.